The minimum atomic E-state index is 0.263. The number of aryl methyl sites for hydroxylation is 2. The normalized spacial score (nSPS) is 11.5. The highest BCUT2D eigenvalue weighted by molar-refractivity contribution is 5.78. The Kier molecular flexibility index (Phi) is 4.92. The number of hydrogen-bond acceptors (Lipinski definition) is 1. The van der Waals surface area contributed by atoms with Gasteiger partial charge in [-0.15, -0.1) is 0 Å². The van der Waals surface area contributed by atoms with Gasteiger partial charge in [-0.3, -0.25) is 4.79 Å². The van der Waals surface area contributed by atoms with E-state index in [2.05, 4.69) is 52.0 Å². The molecule has 1 aromatic rings. The minimum Gasteiger partial charge on any atom is -0.300 e. The maximum Gasteiger partial charge on any atom is 0.133 e. The Labute approximate surface area is 105 Å². The van der Waals surface area contributed by atoms with E-state index in [1.54, 1.807) is 0 Å². The second-order valence-corrected chi connectivity index (χ2v) is 6.09. The lowest BCUT2D eigenvalue weighted by molar-refractivity contribution is -0.119. The molecule has 0 heterocycles. The molecule has 94 valence electrons. The predicted molar refractivity (Wildman–Crippen MR) is 73.2 cm³/mol. The summed E-state index contributed by atoms with van der Waals surface area (Å²) < 4.78 is 0. The van der Waals surface area contributed by atoms with Gasteiger partial charge in [-0.05, 0) is 30.7 Å². The quantitative estimate of drug-likeness (QED) is 0.738. The molecule has 0 N–H and O–H groups in total. The highest BCUT2D eigenvalue weighted by Gasteiger charge is 2.12. The molecule has 0 fully saturated rings. The number of Topliss-reactive ketones (excluding diaryl/α,β-unsaturated/α-hetero) is 1. The number of hydrogen-bond donors (Lipinski definition) is 0. The summed E-state index contributed by atoms with van der Waals surface area (Å²) in [6.45, 7) is 8.63. The molecule has 17 heavy (non-hydrogen) atoms. The highest BCUT2D eigenvalue weighted by Crippen LogP contribution is 2.21. The van der Waals surface area contributed by atoms with Crippen LogP contribution in [0.25, 0.3) is 0 Å². The first-order chi connectivity index (χ1) is 7.87. The van der Waals surface area contributed by atoms with Gasteiger partial charge in [0.25, 0.3) is 0 Å². The summed E-state index contributed by atoms with van der Waals surface area (Å²) in [7, 11) is 0. The smallest absolute Gasteiger partial charge is 0.133 e. The number of carbonyl (C=O) groups is 1. The average Bonchev–Trinajstić information content (AvgIpc) is 2.23. The van der Waals surface area contributed by atoms with E-state index >= 15 is 0 Å². The summed E-state index contributed by atoms with van der Waals surface area (Å²) in [5, 5.41) is 0. The van der Waals surface area contributed by atoms with E-state index in [1.807, 2.05) is 0 Å². The lowest BCUT2D eigenvalue weighted by atomic mass is 9.89. The maximum absolute atomic E-state index is 11.7. The molecule has 0 aliphatic carbocycles. The Balaban J connectivity index is 2.33. The van der Waals surface area contributed by atoms with Crippen LogP contribution in [-0.4, -0.2) is 5.78 Å². The largest absolute Gasteiger partial charge is 0.300 e. The van der Waals surface area contributed by atoms with Crippen LogP contribution in [0, 0.1) is 12.3 Å². The van der Waals surface area contributed by atoms with Gasteiger partial charge < -0.3 is 0 Å². The van der Waals surface area contributed by atoms with E-state index in [-0.39, 0.29) is 5.41 Å². The summed E-state index contributed by atoms with van der Waals surface area (Å²) in [6, 6.07) is 8.41. The molecule has 0 radical (unpaired) electrons. The van der Waals surface area contributed by atoms with Gasteiger partial charge >= 0.3 is 0 Å². The fraction of sp³-hybridized carbons (Fsp3) is 0.562. The maximum atomic E-state index is 11.7. The van der Waals surface area contributed by atoms with Gasteiger partial charge in [0.1, 0.15) is 5.78 Å². The van der Waals surface area contributed by atoms with Crippen LogP contribution >= 0.6 is 0 Å². The van der Waals surface area contributed by atoms with Gasteiger partial charge in [0.15, 0.2) is 0 Å². The van der Waals surface area contributed by atoms with Crippen molar-refractivity contribution < 1.29 is 4.79 Å². The zero-order valence-corrected chi connectivity index (χ0v) is 11.5. The third-order valence-corrected chi connectivity index (χ3v) is 2.93. The van der Waals surface area contributed by atoms with Crippen LogP contribution in [0.3, 0.4) is 0 Å². The molecule has 1 aromatic carbocycles. The summed E-state index contributed by atoms with van der Waals surface area (Å²) in [5.74, 6) is 0.390. The lowest BCUT2D eigenvalue weighted by Gasteiger charge is -2.16. The van der Waals surface area contributed by atoms with Crippen molar-refractivity contribution >= 4 is 5.78 Å². The first-order valence-corrected chi connectivity index (χ1v) is 6.44. The van der Waals surface area contributed by atoms with Crippen LogP contribution < -0.4 is 0 Å². The standard InChI is InChI=1S/C16H24O/c1-13-6-5-7-14(12-13)8-9-15(17)10-11-16(2,3)4/h5-7,12H,8-11H2,1-4H3. The molecule has 0 aliphatic heterocycles. The van der Waals surface area contributed by atoms with Gasteiger partial charge in [0.05, 0.1) is 0 Å². The van der Waals surface area contributed by atoms with Crippen molar-refractivity contribution in [1.29, 1.82) is 0 Å². The van der Waals surface area contributed by atoms with Crippen molar-refractivity contribution in [3.8, 4) is 0 Å². The number of carbonyl (C=O) groups excluding carboxylic acids is 1. The van der Waals surface area contributed by atoms with Gasteiger partial charge in [-0.1, -0.05) is 50.6 Å². The zero-order chi connectivity index (χ0) is 12.9. The Morgan fingerprint density at radius 2 is 1.88 bits per heavy atom. The minimum absolute atomic E-state index is 0.263. The number of rotatable bonds is 5. The monoisotopic (exact) mass is 232 g/mol. The van der Waals surface area contributed by atoms with E-state index in [9.17, 15) is 4.79 Å². The van der Waals surface area contributed by atoms with Gasteiger partial charge in [0, 0.05) is 12.8 Å². The second-order valence-electron chi connectivity index (χ2n) is 6.09. The van der Waals surface area contributed by atoms with Gasteiger partial charge in [0.2, 0.25) is 0 Å². The van der Waals surface area contributed by atoms with Gasteiger partial charge in [-0.25, -0.2) is 0 Å². The Bertz CT molecular complexity index is 371. The molecule has 0 saturated heterocycles. The predicted octanol–water partition coefficient (Wildman–Crippen LogP) is 4.32. The molecule has 1 rings (SSSR count). The molecule has 0 aliphatic rings. The van der Waals surface area contributed by atoms with Crippen LogP contribution in [0.4, 0.5) is 0 Å². The molecule has 1 nitrogen and oxygen atoms in total. The van der Waals surface area contributed by atoms with Crippen LogP contribution in [0.1, 0.15) is 51.2 Å². The summed E-state index contributed by atoms with van der Waals surface area (Å²) in [4.78, 5) is 11.7. The van der Waals surface area contributed by atoms with E-state index < -0.39 is 0 Å². The summed E-state index contributed by atoms with van der Waals surface area (Å²) in [5.41, 5.74) is 2.80. The topological polar surface area (TPSA) is 17.1 Å². The molecule has 0 spiro atoms. The molecular weight excluding hydrogens is 208 g/mol. The fourth-order valence-electron chi connectivity index (χ4n) is 1.79. The third kappa shape index (κ3) is 6.25. The number of benzene rings is 1. The summed E-state index contributed by atoms with van der Waals surface area (Å²) in [6.07, 6.45) is 3.26. The third-order valence-electron chi connectivity index (χ3n) is 2.93. The Morgan fingerprint density at radius 1 is 1.18 bits per heavy atom. The van der Waals surface area contributed by atoms with Crippen molar-refractivity contribution in [2.75, 3.05) is 0 Å². The Hall–Kier alpha value is -1.11. The average molecular weight is 232 g/mol. The molecule has 0 atom stereocenters. The van der Waals surface area contributed by atoms with Crippen LogP contribution in [-0.2, 0) is 11.2 Å². The molecule has 0 aromatic heterocycles. The van der Waals surface area contributed by atoms with Crippen molar-refractivity contribution in [1.82, 2.24) is 0 Å². The molecule has 0 bridgehead atoms. The SMILES string of the molecule is Cc1cccc(CCC(=O)CCC(C)(C)C)c1. The van der Waals surface area contributed by atoms with Crippen LogP contribution in [0.2, 0.25) is 0 Å². The molecule has 0 amide bonds. The van der Waals surface area contributed by atoms with Crippen molar-refractivity contribution in [3.63, 3.8) is 0 Å². The second kappa shape index (κ2) is 6.00. The number of ketones is 1. The molecular formula is C16H24O. The molecule has 1 heteroatoms. The first kappa shape index (κ1) is 14.0. The zero-order valence-electron chi connectivity index (χ0n) is 11.5. The summed E-state index contributed by atoms with van der Waals surface area (Å²) >= 11 is 0. The molecule has 0 saturated carbocycles. The fourth-order valence-corrected chi connectivity index (χ4v) is 1.79. The van der Waals surface area contributed by atoms with E-state index in [4.69, 9.17) is 0 Å². The van der Waals surface area contributed by atoms with Crippen LogP contribution in [0.5, 0.6) is 0 Å². The highest BCUT2D eigenvalue weighted by atomic mass is 16.1. The van der Waals surface area contributed by atoms with Crippen LogP contribution in [0.15, 0.2) is 24.3 Å². The van der Waals surface area contributed by atoms with E-state index in [0.717, 1.165) is 19.3 Å². The van der Waals surface area contributed by atoms with E-state index in [1.165, 1.54) is 11.1 Å². The van der Waals surface area contributed by atoms with Crippen molar-refractivity contribution in [3.05, 3.63) is 35.4 Å². The van der Waals surface area contributed by atoms with E-state index in [0.29, 0.717) is 12.2 Å². The molecule has 0 unspecified atom stereocenters. The first-order valence-electron chi connectivity index (χ1n) is 6.44. The Morgan fingerprint density at radius 3 is 2.47 bits per heavy atom. The van der Waals surface area contributed by atoms with Gasteiger partial charge in [-0.2, -0.15) is 0 Å². The lowest BCUT2D eigenvalue weighted by Crippen LogP contribution is -2.09. The van der Waals surface area contributed by atoms with Crippen molar-refractivity contribution in [2.45, 2.75) is 53.4 Å². The van der Waals surface area contributed by atoms with Crippen molar-refractivity contribution in [2.24, 2.45) is 5.41 Å².